The van der Waals surface area contributed by atoms with Crippen LogP contribution >= 0.6 is 23.2 Å². The molecule has 4 nitrogen and oxygen atoms in total. The van der Waals surface area contributed by atoms with Crippen LogP contribution in [0.3, 0.4) is 0 Å². The van der Waals surface area contributed by atoms with Gasteiger partial charge < -0.3 is 0 Å². The minimum atomic E-state index is 0.147. The Morgan fingerprint density at radius 1 is 1.36 bits per heavy atom. The molecule has 0 fully saturated rings. The number of rotatable bonds is 1. The van der Waals surface area contributed by atoms with E-state index in [4.69, 9.17) is 28.5 Å². The molecule has 0 aliphatic carbocycles. The van der Waals surface area contributed by atoms with Gasteiger partial charge in [0.2, 0.25) is 0 Å². The van der Waals surface area contributed by atoms with E-state index in [1.54, 1.807) is 12.1 Å². The van der Waals surface area contributed by atoms with Crippen molar-refractivity contribution in [3.05, 3.63) is 22.2 Å². The van der Waals surface area contributed by atoms with Crippen molar-refractivity contribution in [2.75, 3.05) is 0 Å². The molecule has 14 heavy (non-hydrogen) atoms. The molecular weight excluding hydrogens is 223 g/mol. The predicted molar refractivity (Wildman–Crippen MR) is 53.2 cm³/mol. The fraction of sp³-hybridized carbons (Fsp3) is 0.125. The van der Waals surface area contributed by atoms with Crippen molar-refractivity contribution in [1.29, 1.82) is 5.26 Å². The van der Waals surface area contributed by atoms with Crippen molar-refractivity contribution in [2.24, 2.45) is 0 Å². The maximum absolute atomic E-state index is 8.52. The second-order valence-corrected chi connectivity index (χ2v) is 3.47. The number of benzene rings is 1. The summed E-state index contributed by atoms with van der Waals surface area (Å²) in [5.74, 6) is 0. The van der Waals surface area contributed by atoms with Gasteiger partial charge in [-0.2, -0.15) is 5.26 Å². The van der Waals surface area contributed by atoms with E-state index >= 15 is 0 Å². The molecule has 2 rings (SSSR count). The zero-order valence-corrected chi connectivity index (χ0v) is 8.42. The van der Waals surface area contributed by atoms with E-state index in [0.29, 0.717) is 21.1 Å². The topological polar surface area (TPSA) is 54.5 Å². The summed E-state index contributed by atoms with van der Waals surface area (Å²) < 4.78 is 1.47. The monoisotopic (exact) mass is 226 g/mol. The van der Waals surface area contributed by atoms with Crippen LogP contribution in [0.5, 0.6) is 0 Å². The van der Waals surface area contributed by atoms with Crippen LogP contribution in [0.15, 0.2) is 12.1 Å². The van der Waals surface area contributed by atoms with Gasteiger partial charge >= 0.3 is 0 Å². The van der Waals surface area contributed by atoms with Crippen LogP contribution < -0.4 is 0 Å². The fourth-order valence-electron chi connectivity index (χ4n) is 1.15. The summed E-state index contributed by atoms with van der Waals surface area (Å²) in [7, 11) is 0. The van der Waals surface area contributed by atoms with Crippen LogP contribution in [0.4, 0.5) is 0 Å². The Morgan fingerprint density at radius 2 is 2.07 bits per heavy atom. The van der Waals surface area contributed by atoms with E-state index in [2.05, 4.69) is 10.3 Å². The van der Waals surface area contributed by atoms with Crippen molar-refractivity contribution < 1.29 is 0 Å². The van der Waals surface area contributed by atoms with Crippen molar-refractivity contribution in [3.63, 3.8) is 0 Å². The van der Waals surface area contributed by atoms with E-state index in [-0.39, 0.29) is 6.54 Å². The molecule has 0 atom stereocenters. The second-order valence-electron chi connectivity index (χ2n) is 2.66. The SMILES string of the molecule is N#CCn1nnc2cc(Cl)c(Cl)cc21. The van der Waals surface area contributed by atoms with E-state index in [0.717, 1.165) is 0 Å². The molecule has 1 heterocycles. The Hall–Kier alpha value is -1.31. The minimum absolute atomic E-state index is 0.147. The lowest BCUT2D eigenvalue weighted by atomic mass is 10.3. The van der Waals surface area contributed by atoms with Gasteiger partial charge in [-0.15, -0.1) is 5.10 Å². The van der Waals surface area contributed by atoms with Crippen molar-refractivity contribution in [1.82, 2.24) is 15.0 Å². The first kappa shape index (κ1) is 9.25. The van der Waals surface area contributed by atoms with Gasteiger partial charge in [0.05, 0.1) is 21.6 Å². The Balaban J connectivity index is 2.69. The quantitative estimate of drug-likeness (QED) is 0.750. The fourth-order valence-corrected chi connectivity index (χ4v) is 1.46. The molecule has 0 saturated carbocycles. The first-order valence-electron chi connectivity index (χ1n) is 3.77. The lowest BCUT2D eigenvalue weighted by Gasteiger charge is -1.96. The Labute approximate surface area is 89.6 Å². The summed E-state index contributed by atoms with van der Waals surface area (Å²) in [6, 6.07) is 5.26. The molecule has 0 N–H and O–H groups in total. The zero-order chi connectivity index (χ0) is 10.1. The van der Waals surface area contributed by atoms with Crippen LogP contribution in [-0.4, -0.2) is 15.0 Å². The normalized spacial score (nSPS) is 10.4. The highest BCUT2D eigenvalue weighted by Crippen LogP contribution is 2.26. The summed E-state index contributed by atoms with van der Waals surface area (Å²) in [5.41, 5.74) is 1.34. The Morgan fingerprint density at radius 3 is 2.79 bits per heavy atom. The first-order valence-corrected chi connectivity index (χ1v) is 4.53. The van der Waals surface area contributed by atoms with Crippen LogP contribution in [-0.2, 0) is 6.54 Å². The number of halogens is 2. The highest BCUT2D eigenvalue weighted by atomic mass is 35.5. The molecule has 0 unspecified atom stereocenters. The lowest BCUT2D eigenvalue weighted by molar-refractivity contribution is 0.689. The van der Waals surface area contributed by atoms with Crippen molar-refractivity contribution in [3.8, 4) is 6.07 Å². The van der Waals surface area contributed by atoms with Gasteiger partial charge in [-0.1, -0.05) is 28.4 Å². The second kappa shape index (κ2) is 3.45. The molecule has 0 amide bonds. The number of nitrogens with zero attached hydrogens (tertiary/aromatic N) is 4. The summed E-state index contributed by atoms with van der Waals surface area (Å²) in [6.07, 6.45) is 0. The highest BCUT2D eigenvalue weighted by Gasteiger charge is 2.07. The highest BCUT2D eigenvalue weighted by molar-refractivity contribution is 6.42. The third-order valence-electron chi connectivity index (χ3n) is 1.78. The Kier molecular flexibility index (Phi) is 2.28. The van der Waals surface area contributed by atoms with Crippen LogP contribution in [0.1, 0.15) is 0 Å². The number of hydrogen-bond acceptors (Lipinski definition) is 3. The van der Waals surface area contributed by atoms with Crippen LogP contribution in [0.25, 0.3) is 11.0 Å². The summed E-state index contributed by atoms with van der Waals surface area (Å²) in [6.45, 7) is 0.147. The van der Waals surface area contributed by atoms with Gasteiger partial charge in [0, 0.05) is 0 Å². The van der Waals surface area contributed by atoms with E-state index in [1.165, 1.54) is 4.68 Å². The third kappa shape index (κ3) is 1.41. The molecular formula is C8H4Cl2N4. The predicted octanol–water partition coefficient (Wildman–Crippen LogP) is 2.26. The van der Waals surface area contributed by atoms with Crippen molar-refractivity contribution >= 4 is 34.2 Å². The smallest absolute Gasteiger partial charge is 0.130 e. The molecule has 0 aliphatic heterocycles. The summed E-state index contributed by atoms with van der Waals surface area (Å²) in [4.78, 5) is 0. The molecule has 6 heteroatoms. The van der Waals surface area contributed by atoms with E-state index < -0.39 is 0 Å². The molecule has 0 saturated heterocycles. The molecule has 0 radical (unpaired) electrons. The molecule has 1 aromatic carbocycles. The van der Waals surface area contributed by atoms with Gasteiger partial charge in [0.15, 0.2) is 0 Å². The van der Waals surface area contributed by atoms with Crippen LogP contribution in [0, 0.1) is 11.3 Å². The largest absolute Gasteiger partial charge is 0.230 e. The molecule has 0 aliphatic rings. The van der Waals surface area contributed by atoms with E-state index in [1.807, 2.05) is 6.07 Å². The van der Waals surface area contributed by atoms with Gasteiger partial charge in [0.25, 0.3) is 0 Å². The third-order valence-corrected chi connectivity index (χ3v) is 2.50. The molecule has 70 valence electrons. The van der Waals surface area contributed by atoms with E-state index in [9.17, 15) is 0 Å². The molecule has 0 bridgehead atoms. The lowest BCUT2D eigenvalue weighted by Crippen LogP contribution is -1.97. The van der Waals surface area contributed by atoms with Gasteiger partial charge in [-0.05, 0) is 12.1 Å². The maximum atomic E-state index is 8.52. The molecule has 2 aromatic rings. The standard InChI is InChI=1S/C8H4Cl2N4/c9-5-3-7-8(4-6(5)10)14(2-1-11)13-12-7/h3-4H,2H2. The summed E-state index contributed by atoms with van der Waals surface area (Å²) >= 11 is 11.6. The zero-order valence-electron chi connectivity index (χ0n) is 6.91. The Bertz CT molecular complexity index is 526. The first-order chi connectivity index (χ1) is 6.72. The average Bonchev–Trinajstić information content (AvgIpc) is 2.51. The van der Waals surface area contributed by atoms with Gasteiger partial charge in [-0.3, -0.25) is 0 Å². The number of nitriles is 1. The molecule has 1 aromatic heterocycles. The average molecular weight is 227 g/mol. The van der Waals surface area contributed by atoms with Gasteiger partial charge in [0.1, 0.15) is 12.1 Å². The number of hydrogen-bond donors (Lipinski definition) is 0. The summed E-state index contributed by atoms with van der Waals surface area (Å²) in [5, 5.41) is 17.0. The molecule has 0 spiro atoms. The van der Waals surface area contributed by atoms with Crippen LogP contribution in [0.2, 0.25) is 10.0 Å². The van der Waals surface area contributed by atoms with Crippen molar-refractivity contribution in [2.45, 2.75) is 6.54 Å². The minimum Gasteiger partial charge on any atom is -0.230 e. The van der Waals surface area contributed by atoms with Gasteiger partial charge in [-0.25, -0.2) is 4.68 Å². The number of aromatic nitrogens is 3. The number of fused-ring (bicyclic) bond motifs is 1. The maximum Gasteiger partial charge on any atom is 0.130 e.